The minimum atomic E-state index is -3.76. The summed E-state index contributed by atoms with van der Waals surface area (Å²) in [5, 5.41) is 0. The lowest BCUT2D eigenvalue weighted by atomic mass is 10.0. The number of carbonyl (C=O) groups excluding carboxylic acids is 1. The molecule has 0 aliphatic carbocycles. The second kappa shape index (κ2) is 8.56. The maximum Gasteiger partial charge on any atom is 0.264 e. The van der Waals surface area contributed by atoms with Gasteiger partial charge in [0.15, 0.2) is 0 Å². The SMILES string of the molecule is COc1cccc(C2CCCN2C(=O)c2cccc(S(=O)(=O)N3CCc4ccccc43)c2)c1. The molecule has 1 saturated heterocycles. The number of para-hydroxylation sites is 1. The number of rotatable bonds is 5. The predicted molar refractivity (Wildman–Crippen MR) is 127 cm³/mol. The minimum absolute atomic E-state index is 0.0571. The Kier molecular flexibility index (Phi) is 5.58. The molecule has 2 aliphatic rings. The number of ether oxygens (including phenoxy) is 1. The van der Waals surface area contributed by atoms with Crippen molar-refractivity contribution in [2.75, 3.05) is 24.5 Å². The number of hydrogen-bond donors (Lipinski definition) is 0. The van der Waals surface area contributed by atoms with Crippen LogP contribution >= 0.6 is 0 Å². The first kappa shape index (κ1) is 21.5. The van der Waals surface area contributed by atoms with Crippen LogP contribution in [0.4, 0.5) is 5.69 Å². The lowest BCUT2D eigenvalue weighted by molar-refractivity contribution is 0.0735. The summed E-state index contributed by atoms with van der Waals surface area (Å²) in [6.45, 7) is 1.04. The average molecular weight is 463 g/mol. The number of nitrogens with zero attached hydrogens (tertiary/aromatic N) is 2. The van der Waals surface area contributed by atoms with Gasteiger partial charge in [-0.3, -0.25) is 9.10 Å². The molecule has 1 atom stereocenters. The Morgan fingerprint density at radius 1 is 0.970 bits per heavy atom. The third-order valence-electron chi connectivity index (χ3n) is 6.51. The molecule has 0 radical (unpaired) electrons. The molecule has 5 rings (SSSR count). The molecule has 6 nitrogen and oxygen atoms in total. The molecule has 33 heavy (non-hydrogen) atoms. The van der Waals surface area contributed by atoms with E-state index >= 15 is 0 Å². The van der Waals surface area contributed by atoms with E-state index in [1.165, 1.54) is 10.4 Å². The van der Waals surface area contributed by atoms with E-state index in [0.717, 1.165) is 29.7 Å². The van der Waals surface area contributed by atoms with Crippen molar-refractivity contribution in [1.82, 2.24) is 4.90 Å². The van der Waals surface area contributed by atoms with Crippen LogP contribution in [0, 0.1) is 0 Å². The lowest BCUT2D eigenvalue weighted by Gasteiger charge is -2.26. The normalized spacial score (nSPS) is 17.8. The van der Waals surface area contributed by atoms with Crippen molar-refractivity contribution in [2.45, 2.75) is 30.2 Å². The quantitative estimate of drug-likeness (QED) is 0.563. The molecule has 0 aromatic heterocycles. The highest BCUT2D eigenvalue weighted by atomic mass is 32.2. The molecular weight excluding hydrogens is 436 g/mol. The Morgan fingerprint density at radius 2 is 1.79 bits per heavy atom. The molecule has 170 valence electrons. The van der Waals surface area contributed by atoms with Crippen molar-refractivity contribution in [2.24, 2.45) is 0 Å². The monoisotopic (exact) mass is 462 g/mol. The summed E-state index contributed by atoms with van der Waals surface area (Å²) in [4.78, 5) is 15.5. The largest absolute Gasteiger partial charge is 0.497 e. The van der Waals surface area contributed by atoms with Crippen molar-refractivity contribution in [3.63, 3.8) is 0 Å². The van der Waals surface area contributed by atoms with Gasteiger partial charge in [0.2, 0.25) is 0 Å². The smallest absolute Gasteiger partial charge is 0.264 e. The van der Waals surface area contributed by atoms with E-state index in [-0.39, 0.29) is 16.8 Å². The van der Waals surface area contributed by atoms with Gasteiger partial charge in [-0.2, -0.15) is 0 Å². The van der Waals surface area contributed by atoms with E-state index in [1.807, 2.05) is 53.4 Å². The van der Waals surface area contributed by atoms with Crippen LogP contribution in [-0.2, 0) is 16.4 Å². The zero-order chi connectivity index (χ0) is 23.0. The summed E-state index contributed by atoms with van der Waals surface area (Å²) < 4.78 is 33.7. The first-order valence-corrected chi connectivity index (χ1v) is 12.6. The molecule has 0 N–H and O–H groups in total. The van der Waals surface area contributed by atoms with Gasteiger partial charge in [0.1, 0.15) is 5.75 Å². The molecule has 3 aromatic rings. The predicted octanol–water partition coefficient (Wildman–Crippen LogP) is 4.42. The highest BCUT2D eigenvalue weighted by Crippen LogP contribution is 2.36. The fourth-order valence-electron chi connectivity index (χ4n) is 4.85. The van der Waals surface area contributed by atoms with Gasteiger partial charge in [0.05, 0.1) is 23.7 Å². The molecule has 1 fully saturated rings. The average Bonchev–Trinajstić information content (AvgIpc) is 3.51. The maximum atomic E-state index is 13.5. The number of benzene rings is 3. The van der Waals surface area contributed by atoms with Gasteiger partial charge in [-0.15, -0.1) is 0 Å². The Hall–Kier alpha value is -3.32. The fourth-order valence-corrected chi connectivity index (χ4v) is 6.40. The zero-order valence-electron chi connectivity index (χ0n) is 18.5. The molecule has 7 heteroatoms. The van der Waals surface area contributed by atoms with Crippen LogP contribution in [0.15, 0.2) is 77.7 Å². The number of likely N-dealkylation sites (tertiary alicyclic amines) is 1. The van der Waals surface area contributed by atoms with Crippen molar-refractivity contribution >= 4 is 21.6 Å². The molecule has 0 saturated carbocycles. The summed E-state index contributed by atoms with van der Waals surface area (Å²) >= 11 is 0. The van der Waals surface area contributed by atoms with Gasteiger partial charge in [-0.1, -0.05) is 36.4 Å². The second-order valence-corrected chi connectivity index (χ2v) is 10.3. The van der Waals surface area contributed by atoms with Gasteiger partial charge >= 0.3 is 0 Å². The van der Waals surface area contributed by atoms with Crippen molar-refractivity contribution in [3.05, 3.63) is 89.5 Å². The third-order valence-corrected chi connectivity index (χ3v) is 8.31. The van der Waals surface area contributed by atoms with Crippen LogP contribution < -0.4 is 9.04 Å². The summed E-state index contributed by atoms with van der Waals surface area (Å²) in [5.41, 5.74) is 3.15. The summed E-state index contributed by atoms with van der Waals surface area (Å²) in [6.07, 6.45) is 2.45. The molecule has 3 aromatic carbocycles. The molecule has 2 heterocycles. The van der Waals surface area contributed by atoms with Gasteiger partial charge in [-0.05, 0) is 66.8 Å². The first-order chi connectivity index (χ1) is 16.0. The van der Waals surface area contributed by atoms with Crippen LogP contribution in [0.25, 0.3) is 0 Å². The van der Waals surface area contributed by atoms with E-state index in [2.05, 4.69) is 0 Å². The van der Waals surface area contributed by atoms with Gasteiger partial charge in [-0.25, -0.2) is 8.42 Å². The number of hydrogen-bond acceptors (Lipinski definition) is 4. The summed E-state index contributed by atoms with van der Waals surface area (Å²) in [5.74, 6) is 0.602. The fraction of sp³-hybridized carbons (Fsp3) is 0.269. The molecule has 0 bridgehead atoms. The summed E-state index contributed by atoms with van der Waals surface area (Å²) in [6, 6.07) is 21.7. The second-order valence-electron chi connectivity index (χ2n) is 8.42. The zero-order valence-corrected chi connectivity index (χ0v) is 19.3. The van der Waals surface area contributed by atoms with E-state index in [4.69, 9.17) is 4.74 Å². The topological polar surface area (TPSA) is 66.9 Å². The van der Waals surface area contributed by atoms with E-state index in [9.17, 15) is 13.2 Å². The number of carbonyl (C=O) groups is 1. The number of amides is 1. The van der Waals surface area contributed by atoms with Crippen LogP contribution in [0.1, 0.15) is 40.4 Å². The van der Waals surface area contributed by atoms with Gasteiger partial charge < -0.3 is 9.64 Å². The molecule has 0 spiro atoms. The first-order valence-electron chi connectivity index (χ1n) is 11.1. The maximum absolute atomic E-state index is 13.5. The van der Waals surface area contributed by atoms with Crippen molar-refractivity contribution in [1.29, 1.82) is 0 Å². The highest BCUT2D eigenvalue weighted by molar-refractivity contribution is 7.92. The van der Waals surface area contributed by atoms with Crippen LogP contribution in [0.2, 0.25) is 0 Å². The molecule has 1 amide bonds. The van der Waals surface area contributed by atoms with Gasteiger partial charge in [0.25, 0.3) is 15.9 Å². The van der Waals surface area contributed by atoms with E-state index < -0.39 is 10.0 Å². The van der Waals surface area contributed by atoms with Crippen molar-refractivity contribution in [3.8, 4) is 5.75 Å². The minimum Gasteiger partial charge on any atom is -0.497 e. The lowest BCUT2D eigenvalue weighted by Crippen LogP contribution is -2.31. The summed E-state index contributed by atoms with van der Waals surface area (Å²) in [7, 11) is -2.13. The number of methoxy groups -OCH3 is 1. The van der Waals surface area contributed by atoms with Crippen LogP contribution in [0.3, 0.4) is 0 Å². The Balaban J connectivity index is 1.44. The van der Waals surface area contributed by atoms with Crippen LogP contribution in [0.5, 0.6) is 5.75 Å². The Bertz CT molecular complexity index is 1300. The van der Waals surface area contributed by atoms with Gasteiger partial charge in [0, 0.05) is 18.7 Å². The van der Waals surface area contributed by atoms with Crippen molar-refractivity contribution < 1.29 is 17.9 Å². The highest BCUT2D eigenvalue weighted by Gasteiger charge is 2.33. The number of fused-ring (bicyclic) bond motifs is 1. The van der Waals surface area contributed by atoms with Crippen LogP contribution in [-0.4, -0.2) is 39.4 Å². The molecule has 1 unspecified atom stereocenters. The molecular formula is C26H26N2O4S. The van der Waals surface area contributed by atoms with E-state index in [1.54, 1.807) is 25.3 Å². The third kappa shape index (κ3) is 3.86. The Labute approximate surface area is 194 Å². The Morgan fingerprint density at radius 3 is 2.64 bits per heavy atom. The standard InChI is InChI=1S/C26H26N2O4S/c1-32-22-10-4-8-20(17-22)24-13-6-15-27(24)26(29)21-9-5-11-23(18-21)33(30,31)28-16-14-19-7-2-3-12-25(19)28/h2-5,7-12,17-18,24H,6,13-16H2,1H3. The molecule has 2 aliphatic heterocycles. The number of anilines is 1. The number of sulfonamides is 1. The van der Waals surface area contributed by atoms with E-state index in [0.29, 0.717) is 30.8 Å².